The SMILES string of the molecule is CC1CCC(CN)(N2CCC(c3ccccc3)C2)C1. The molecule has 3 atom stereocenters. The van der Waals surface area contributed by atoms with Gasteiger partial charge in [0.05, 0.1) is 0 Å². The van der Waals surface area contributed by atoms with Gasteiger partial charge in [-0.05, 0) is 49.6 Å². The van der Waals surface area contributed by atoms with Gasteiger partial charge in [0.2, 0.25) is 0 Å². The molecule has 0 amide bonds. The van der Waals surface area contributed by atoms with Crippen molar-refractivity contribution in [2.24, 2.45) is 11.7 Å². The van der Waals surface area contributed by atoms with Crippen LogP contribution in [0.2, 0.25) is 0 Å². The second-order valence-corrected chi connectivity index (χ2v) is 6.62. The summed E-state index contributed by atoms with van der Waals surface area (Å²) in [4.78, 5) is 2.70. The zero-order chi connectivity index (χ0) is 13.3. The van der Waals surface area contributed by atoms with Crippen LogP contribution in [0.25, 0.3) is 0 Å². The van der Waals surface area contributed by atoms with E-state index in [1.165, 1.54) is 44.3 Å². The fourth-order valence-electron chi connectivity index (χ4n) is 4.16. The van der Waals surface area contributed by atoms with Crippen molar-refractivity contribution in [1.82, 2.24) is 4.90 Å². The van der Waals surface area contributed by atoms with Gasteiger partial charge in [-0.15, -0.1) is 0 Å². The maximum absolute atomic E-state index is 6.15. The molecule has 19 heavy (non-hydrogen) atoms. The molecule has 1 heterocycles. The van der Waals surface area contributed by atoms with Crippen molar-refractivity contribution < 1.29 is 0 Å². The Bertz CT molecular complexity index is 417. The molecule has 1 aromatic rings. The molecule has 3 rings (SSSR count). The minimum absolute atomic E-state index is 0.308. The van der Waals surface area contributed by atoms with Gasteiger partial charge in [0.25, 0.3) is 0 Å². The normalized spacial score (nSPS) is 35.9. The van der Waals surface area contributed by atoms with Crippen LogP contribution >= 0.6 is 0 Å². The maximum Gasteiger partial charge on any atom is 0.0334 e. The van der Waals surface area contributed by atoms with Gasteiger partial charge in [-0.2, -0.15) is 0 Å². The summed E-state index contributed by atoms with van der Waals surface area (Å²) >= 11 is 0. The summed E-state index contributed by atoms with van der Waals surface area (Å²) in [6, 6.07) is 11.0. The smallest absolute Gasteiger partial charge is 0.0334 e. The average molecular weight is 258 g/mol. The molecule has 1 saturated carbocycles. The van der Waals surface area contributed by atoms with E-state index >= 15 is 0 Å². The number of rotatable bonds is 3. The van der Waals surface area contributed by atoms with Gasteiger partial charge in [-0.3, -0.25) is 4.90 Å². The lowest BCUT2D eigenvalue weighted by Gasteiger charge is -2.38. The predicted molar refractivity (Wildman–Crippen MR) is 80.2 cm³/mol. The molecule has 2 N–H and O–H groups in total. The Kier molecular flexibility index (Phi) is 3.64. The summed E-state index contributed by atoms with van der Waals surface area (Å²) in [6.45, 7) is 5.64. The van der Waals surface area contributed by atoms with E-state index in [1.807, 2.05) is 0 Å². The average Bonchev–Trinajstić information content (AvgIpc) is 3.07. The Balaban J connectivity index is 1.72. The molecule has 3 unspecified atom stereocenters. The lowest BCUT2D eigenvalue weighted by molar-refractivity contribution is 0.124. The third-order valence-corrected chi connectivity index (χ3v) is 5.34. The summed E-state index contributed by atoms with van der Waals surface area (Å²) in [5.74, 6) is 1.56. The molecule has 1 aromatic carbocycles. The zero-order valence-electron chi connectivity index (χ0n) is 12.0. The monoisotopic (exact) mass is 258 g/mol. The Morgan fingerprint density at radius 2 is 2.05 bits per heavy atom. The first-order valence-corrected chi connectivity index (χ1v) is 7.73. The van der Waals surface area contributed by atoms with Crippen LogP contribution in [0.3, 0.4) is 0 Å². The summed E-state index contributed by atoms with van der Waals surface area (Å²) in [6.07, 6.45) is 5.24. The van der Waals surface area contributed by atoms with Crippen LogP contribution < -0.4 is 5.73 Å². The summed E-state index contributed by atoms with van der Waals surface area (Å²) in [5.41, 5.74) is 7.96. The molecule has 2 heteroatoms. The van der Waals surface area contributed by atoms with Gasteiger partial charge < -0.3 is 5.73 Å². The molecule has 104 valence electrons. The molecule has 0 bridgehead atoms. The van der Waals surface area contributed by atoms with Gasteiger partial charge in [0, 0.05) is 18.6 Å². The highest BCUT2D eigenvalue weighted by Gasteiger charge is 2.43. The highest BCUT2D eigenvalue weighted by Crippen LogP contribution is 2.42. The van der Waals surface area contributed by atoms with Crippen molar-refractivity contribution in [1.29, 1.82) is 0 Å². The molecule has 0 radical (unpaired) electrons. The van der Waals surface area contributed by atoms with Gasteiger partial charge >= 0.3 is 0 Å². The number of hydrogen-bond acceptors (Lipinski definition) is 2. The summed E-state index contributed by atoms with van der Waals surface area (Å²) < 4.78 is 0. The largest absolute Gasteiger partial charge is 0.329 e. The lowest BCUT2D eigenvalue weighted by Crippen LogP contribution is -2.51. The fourth-order valence-corrected chi connectivity index (χ4v) is 4.16. The molecule has 1 aliphatic carbocycles. The van der Waals surface area contributed by atoms with Crippen molar-refractivity contribution >= 4 is 0 Å². The molecular weight excluding hydrogens is 232 g/mol. The van der Waals surface area contributed by atoms with E-state index in [0.717, 1.165) is 12.5 Å². The topological polar surface area (TPSA) is 29.3 Å². The van der Waals surface area contributed by atoms with E-state index in [1.54, 1.807) is 0 Å². The van der Waals surface area contributed by atoms with Crippen LogP contribution in [-0.4, -0.2) is 30.1 Å². The van der Waals surface area contributed by atoms with Crippen molar-refractivity contribution in [3.05, 3.63) is 35.9 Å². The number of benzene rings is 1. The van der Waals surface area contributed by atoms with Crippen LogP contribution in [0, 0.1) is 5.92 Å². The molecule has 1 saturated heterocycles. The first-order valence-electron chi connectivity index (χ1n) is 7.73. The van der Waals surface area contributed by atoms with Gasteiger partial charge in [-0.1, -0.05) is 37.3 Å². The highest BCUT2D eigenvalue weighted by atomic mass is 15.2. The van der Waals surface area contributed by atoms with E-state index in [0.29, 0.717) is 11.5 Å². The minimum atomic E-state index is 0.308. The van der Waals surface area contributed by atoms with E-state index in [4.69, 9.17) is 5.73 Å². The Morgan fingerprint density at radius 1 is 1.26 bits per heavy atom. The Morgan fingerprint density at radius 3 is 2.68 bits per heavy atom. The molecule has 2 aliphatic rings. The van der Waals surface area contributed by atoms with Crippen molar-refractivity contribution in [2.75, 3.05) is 19.6 Å². The number of hydrogen-bond donors (Lipinski definition) is 1. The van der Waals surface area contributed by atoms with Gasteiger partial charge in [-0.25, -0.2) is 0 Å². The molecule has 0 aromatic heterocycles. The molecular formula is C17H26N2. The standard InChI is InChI=1S/C17H26N2/c1-14-7-9-17(11-14,13-18)19-10-8-16(12-19)15-5-3-2-4-6-15/h2-6,14,16H,7-13,18H2,1H3. The van der Waals surface area contributed by atoms with E-state index in [-0.39, 0.29) is 0 Å². The molecule has 2 fully saturated rings. The third-order valence-electron chi connectivity index (χ3n) is 5.34. The Labute approximate surface area is 117 Å². The quantitative estimate of drug-likeness (QED) is 0.903. The minimum Gasteiger partial charge on any atom is -0.329 e. The number of nitrogens with two attached hydrogens (primary N) is 1. The molecule has 0 spiro atoms. The van der Waals surface area contributed by atoms with Crippen molar-refractivity contribution in [3.63, 3.8) is 0 Å². The van der Waals surface area contributed by atoms with Gasteiger partial charge in [0.15, 0.2) is 0 Å². The first-order chi connectivity index (χ1) is 9.23. The maximum atomic E-state index is 6.15. The lowest BCUT2D eigenvalue weighted by atomic mass is 9.93. The zero-order valence-corrected chi connectivity index (χ0v) is 12.0. The summed E-state index contributed by atoms with van der Waals surface area (Å²) in [7, 11) is 0. The van der Waals surface area contributed by atoms with Crippen LogP contribution in [-0.2, 0) is 0 Å². The van der Waals surface area contributed by atoms with E-state index < -0.39 is 0 Å². The molecule has 2 nitrogen and oxygen atoms in total. The third kappa shape index (κ3) is 2.44. The number of nitrogens with zero attached hydrogens (tertiary/aromatic N) is 1. The second-order valence-electron chi connectivity index (χ2n) is 6.62. The first kappa shape index (κ1) is 13.1. The van der Waals surface area contributed by atoms with Gasteiger partial charge in [0.1, 0.15) is 0 Å². The summed E-state index contributed by atoms with van der Waals surface area (Å²) in [5, 5.41) is 0. The van der Waals surface area contributed by atoms with E-state index in [9.17, 15) is 0 Å². The van der Waals surface area contributed by atoms with Crippen molar-refractivity contribution in [3.8, 4) is 0 Å². The van der Waals surface area contributed by atoms with E-state index in [2.05, 4.69) is 42.2 Å². The van der Waals surface area contributed by atoms with Crippen LogP contribution in [0.5, 0.6) is 0 Å². The second kappa shape index (κ2) is 5.26. The fraction of sp³-hybridized carbons (Fsp3) is 0.647. The molecule has 1 aliphatic heterocycles. The van der Waals surface area contributed by atoms with Crippen LogP contribution in [0.15, 0.2) is 30.3 Å². The predicted octanol–water partition coefficient (Wildman–Crippen LogP) is 2.99. The van der Waals surface area contributed by atoms with Crippen molar-refractivity contribution in [2.45, 2.75) is 44.1 Å². The van der Waals surface area contributed by atoms with Crippen LogP contribution in [0.1, 0.15) is 44.1 Å². The number of likely N-dealkylation sites (tertiary alicyclic amines) is 1. The van der Waals surface area contributed by atoms with Crippen LogP contribution in [0.4, 0.5) is 0 Å². The highest BCUT2D eigenvalue weighted by molar-refractivity contribution is 5.21. The Hall–Kier alpha value is -0.860.